The number of halogens is 3. The summed E-state index contributed by atoms with van der Waals surface area (Å²) in [6.07, 6.45) is -0.559. The second-order valence-electron chi connectivity index (χ2n) is 2.07. The first-order valence-electron chi connectivity index (χ1n) is 3.27. The molecule has 0 rings (SSSR count). The van der Waals surface area contributed by atoms with Gasteiger partial charge in [0.05, 0.1) is 12.8 Å². The zero-order chi connectivity index (χ0) is 10.4. The quantitative estimate of drug-likeness (QED) is 0.596. The van der Waals surface area contributed by atoms with Crippen LogP contribution in [0.3, 0.4) is 0 Å². The summed E-state index contributed by atoms with van der Waals surface area (Å²) in [5.74, 6) is -1.83. The van der Waals surface area contributed by atoms with E-state index in [9.17, 15) is 9.59 Å². The van der Waals surface area contributed by atoms with E-state index in [2.05, 4.69) is 4.74 Å². The Morgan fingerprint density at radius 1 is 1.23 bits per heavy atom. The van der Waals surface area contributed by atoms with E-state index in [-0.39, 0.29) is 12.8 Å². The summed E-state index contributed by atoms with van der Waals surface area (Å²) in [7, 11) is 0. The molecule has 1 N–H and O–H groups in total. The monoisotopic (exact) mass is 248 g/mol. The smallest absolute Gasteiger partial charge is 0.307 e. The Kier molecular flexibility index (Phi) is 6.20. The minimum Gasteiger partial charge on any atom is -0.481 e. The molecule has 4 nitrogen and oxygen atoms in total. The minimum atomic E-state index is -1.15. The van der Waals surface area contributed by atoms with Gasteiger partial charge in [0.2, 0.25) is 5.56 Å². The van der Waals surface area contributed by atoms with Gasteiger partial charge in [-0.3, -0.25) is 9.59 Å². The van der Waals surface area contributed by atoms with Gasteiger partial charge < -0.3 is 9.84 Å². The predicted molar refractivity (Wildman–Crippen MR) is 48.1 cm³/mol. The van der Waals surface area contributed by atoms with Crippen molar-refractivity contribution in [3.05, 3.63) is 0 Å². The number of carboxylic acids is 1. The maximum absolute atomic E-state index is 10.8. The lowest BCUT2D eigenvalue weighted by atomic mass is 10.3. The number of carbonyl (C=O) groups is 2. The predicted octanol–water partition coefficient (Wildman–Crippen LogP) is 1.76. The van der Waals surface area contributed by atoms with Gasteiger partial charge in [0.1, 0.15) is 0 Å². The van der Waals surface area contributed by atoms with Crippen LogP contribution in [-0.2, 0) is 14.3 Å². The van der Waals surface area contributed by atoms with Gasteiger partial charge in [-0.2, -0.15) is 0 Å². The Labute approximate surface area is 89.7 Å². The highest BCUT2D eigenvalue weighted by Crippen LogP contribution is 2.16. The summed E-state index contributed by atoms with van der Waals surface area (Å²) < 4.78 is 4.46. The molecule has 0 saturated carbocycles. The van der Waals surface area contributed by atoms with Crippen molar-refractivity contribution in [2.24, 2.45) is 0 Å². The van der Waals surface area contributed by atoms with E-state index < -0.39 is 22.3 Å². The highest BCUT2D eigenvalue weighted by Gasteiger charge is 2.18. The first-order valence-corrected chi connectivity index (χ1v) is 4.58. The average Bonchev–Trinajstić information content (AvgIpc) is 2.00. The summed E-state index contributed by atoms with van der Waals surface area (Å²) in [4.78, 5) is 19.8. The van der Waals surface area contributed by atoms with Gasteiger partial charge >= 0.3 is 11.9 Å². The van der Waals surface area contributed by atoms with Crippen LogP contribution in [0.25, 0.3) is 0 Å². The number of hydrogen-bond donors (Lipinski definition) is 1. The molecule has 0 bridgehead atoms. The van der Waals surface area contributed by atoms with E-state index >= 15 is 0 Å². The van der Waals surface area contributed by atoms with Crippen molar-refractivity contribution < 1.29 is 19.4 Å². The Morgan fingerprint density at radius 2 is 1.77 bits per heavy atom. The second-order valence-corrected chi connectivity index (χ2v) is 3.66. The van der Waals surface area contributed by atoms with Crippen molar-refractivity contribution in [1.29, 1.82) is 0 Å². The molecule has 0 spiro atoms. The maximum atomic E-state index is 10.8. The molecule has 0 amide bonds. The number of carbonyl (C=O) groups excluding carboxylic acids is 1. The van der Waals surface area contributed by atoms with Crippen molar-refractivity contribution >= 4 is 46.7 Å². The standard InChI is InChI=1S/C6H7Cl3O4/c7-5(8)6(9)13-4(12)2-1-3(10)11/h5-6H,1-2H2,(H,10,11). The van der Waals surface area contributed by atoms with Crippen molar-refractivity contribution in [1.82, 2.24) is 0 Å². The van der Waals surface area contributed by atoms with Crippen LogP contribution in [0, 0.1) is 0 Å². The van der Waals surface area contributed by atoms with Crippen molar-refractivity contribution in [3.8, 4) is 0 Å². The number of alkyl halides is 3. The molecule has 0 aliphatic carbocycles. The van der Waals surface area contributed by atoms with E-state index in [4.69, 9.17) is 39.9 Å². The topological polar surface area (TPSA) is 63.6 Å². The van der Waals surface area contributed by atoms with Gasteiger partial charge in [0, 0.05) is 0 Å². The third kappa shape index (κ3) is 6.93. The van der Waals surface area contributed by atoms with Gasteiger partial charge in [0.15, 0.2) is 4.84 Å². The van der Waals surface area contributed by atoms with E-state index in [1.54, 1.807) is 0 Å². The van der Waals surface area contributed by atoms with Crippen LogP contribution >= 0.6 is 34.8 Å². The molecule has 0 saturated heterocycles. The lowest BCUT2D eigenvalue weighted by Crippen LogP contribution is -2.19. The summed E-state index contributed by atoms with van der Waals surface area (Å²) in [6, 6.07) is 0. The second kappa shape index (κ2) is 6.29. The van der Waals surface area contributed by atoms with Crippen LogP contribution in [0.5, 0.6) is 0 Å². The van der Waals surface area contributed by atoms with Crippen molar-refractivity contribution in [2.75, 3.05) is 0 Å². The number of rotatable bonds is 5. The normalized spacial score (nSPS) is 12.6. The molecule has 7 heteroatoms. The number of ether oxygens (including phenoxy) is 1. The summed E-state index contributed by atoms with van der Waals surface area (Å²) >= 11 is 15.9. The molecule has 0 aromatic heterocycles. The third-order valence-corrected chi connectivity index (χ3v) is 2.04. The number of esters is 1. The number of hydrogen-bond acceptors (Lipinski definition) is 3. The minimum absolute atomic E-state index is 0.251. The Bertz CT molecular complexity index is 194. The molecule has 0 aliphatic rings. The molecule has 1 unspecified atom stereocenters. The van der Waals surface area contributed by atoms with E-state index in [0.717, 1.165) is 0 Å². The van der Waals surface area contributed by atoms with E-state index in [1.165, 1.54) is 0 Å². The van der Waals surface area contributed by atoms with Crippen molar-refractivity contribution in [2.45, 2.75) is 23.2 Å². The number of aliphatic carboxylic acids is 1. The SMILES string of the molecule is O=C(O)CCC(=O)OC(Cl)C(Cl)Cl. The average molecular weight is 249 g/mol. The molecule has 0 aromatic carbocycles. The molecular formula is C6H7Cl3O4. The fraction of sp³-hybridized carbons (Fsp3) is 0.667. The van der Waals surface area contributed by atoms with Crippen LogP contribution < -0.4 is 0 Å². The highest BCUT2D eigenvalue weighted by atomic mass is 35.5. The fourth-order valence-electron chi connectivity index (χ4n) is 0.445. The summed E-state index contributed by atoms with van der Waals surface area (Å²) in [5.41, 5.74) is -1.15. The van der Waals surface area contributed by atoms with Crippen molar-refractivity contribution in [3.63, 3.8) is 0 Å². The van der Waals surface area contributed by atoms with Crippen LogP contribution in [0.2, 0.25) is 0 Å². The largest absolute Gasteiger partial charge is 0.481 e. The lowest BCUT2D eigenvalue weighted by Gasteiger charge is -2.10. The van der Waals surface area contributed by atoms with Gasteiger partial charge in [-0.15, -0.1) is 0 Å². The Hall–Kier alpha value is -0.190. The fourth-order valence-corrected chi connectivity index (χ4v) is 0.647. The zero-order valence-corrected chi connectivity index (χ0v) is 8.64. The van der Waals surface area contributed by atoms with Gasteiger partial charge in [-0.25, -0.2) is 0 Å². The summed E-state index contributed by atoms with van der Waals surface area (Å²) in [6.45, 7) is 0. The maximum Gasteiger partial charge on any atom is 0.307 e. The molecule has 0 aromatic rings. The third-order valence-electron chi connectivity index (χ3n) is 0.985. The molecule has 0 heterocycles. The molecule has 0 radical (unpaired) electrons. The Balaban J connectivity index is 3.68. The molecular weight excluding hydrogens is 242 g/mol. The molecule has 76 valence electrons. The van der Waals surface area contributed by atoms with Crippen LogP contribution in [-0.4, -0.2) is 27.4 Å². The molecule has 1 atom stereocenters. The van der Waals surface area contributed by atoms with Crippen LogP contribution in [0.4, 0.5) is 0 Å². The number of carboxylic acid groups (broad SMARTS) is 1. The molecule has 13 heavy (non-hydrogen) atoms. The molecule has 0 fully saturated rings. The van der Waals surface area contributed by atoms with E-state index in [1.807, 2.05) is 0 Å². The van der Waals surface area contributed by atoms with Crippen LogP contribution in [0.1, 0.15) is 12.8 Å². The highest BCUT2D eigenvalue weighted by molar-refractivity contribution is 6.48. The Morgan fingerprint density at radius 3 is 2.15 bits per heavy atom. The van der Waals surface area contributed by atoms with Gasteiger partial charge in [-0.05, 0) is 0 Å². The first kappa shape index (κ1) is 12.8. The van der Waals surface area contributed by atoms with Gasteiger partial charge in [-0.1, -0.05) is 34.8 Å². The van der Waals surface area contributed by atoms with Crippen LogP contribution in [0.15, 0.2) is 0 Å². The zero-order valence-electron chi connectivity index (χ0n) is 6.37. The summed E-state index contributed by atoms with van der Waals surface area (Å²) in [5, 5.41) is 8.21. The molecule has 0 aliphatic heterocycles. The first-order chi connectivity index (χ1) is 5.93. The van der Waals surface area contributed by atoms with Gasteiger partial charge in [0.25, 0.3) is 0 Å². The van der Waals surface area contributed by atoms with E-state index in [0.29, 0.717) is 0 Å². The lowest BCUT2D eigenvalue weighted by molar-refractivity contribution is -0.148.